The van der Waals surface area contributed by atoms with Crippen LogP contribution in [-0.4, -0.2) is 35.6 Å². The van der Waals surface area contributed by atoms with Crippen LogP contribution in [0.5, 0.6) is 0 Å². The number of amides is 1. The monoisotopic (exact) mass is 543 g/mol. The molecule has 6 heteroatoms. The number of hydrogen-bond acceptors (Lipinski definition) is 4. The number of esters is 1. The van der Waals surface area contributed by atoms with Crippen LogP contribution in [0.1, 0.15) is 118 Å². The normalized spacial score (nSPS) is 36.3. The zero-order valence-electron chi connectivity index (χ0n) is 25.1. The quantitative estimate of drug-likeness (QED) is 0.218. The third kappa shape index (κ3) is 6.56. The van der Waals surface area contributed by atoms with Crippen LogP contribution in [-0.2, 0) is 19.1 Å². The molecule has 2 N–H and O–H groups in total. The summed E-state index contributed by atoms with van der Waals surface area (Å²) in [5.74, 6) is 2.96. The highest BCUT2D eigenvalue weighted by Gasteiger charge is 2.59. The number of ether oxygens (including phenoxy) is 1. The molecule has 0 spiro atoms. The Kier molecular flexibility index (Phi) is 9.53. The summed E-state index contributed by atoms with van der Waals surface area (Å²) in [6.45, 7) is 12.1. The molecule has 6 nitrogen and oxygen atoms in total. The second-order valence-electron chi connectivity index (χ2n) is 14.3. The van der Waals surface area contributed by atoms with Crippen LogP contribution in [0.2, 0.25) is 0 Å². The lowest BCUT2D eigenvalue weighted by atomic mass is 9.47. The number of fused-ring (bicyclic) bond motifs is 5. The summed E-state index contributed by atoms with van der Waals surface area (Å²) in [7, 11) is 0. The van der Waals surface area contributed by atoms with Crippen LogP contribution < -0.4 is 5.32 Å². The first-order chi connectivity index (χ1) is 18.4. The van der Waals surface area contributed by atoms with Gasteiger partial charge in [0.25, 0.3) is 0 Å². The summed E-state index contributed by atoms with van der Waals surface area (Å²) in [5.41, 5.74) is 2.18. The summed E-state index contributed by atoms with van der Waals surface area (Å²) in [6, 6.07) is 0. The van der Waals surface area contributed by atoms with Crippen LogP contribution in [0.25, 0.3) is 0 Å². The first-order valence-corrected chi connectivity index (χ1v) is 15.8. The summed E-state index contributed by atoms with van der Waals surface area (Å²) >= 11 is 0. The number of nitrogens with one attached hydrogen (secondary N) is 1. The smallest absolute Gasteiger partial charge is 0.325 e. The van der Waals surface area contributed by atoms with Gasteiger partial charge >= 0.3 is 11.9 Å². The number of carboxylic acids is 1. The molecule has 3 fully saturated rings. The molecule has 4 aliphatic carbocycles. The summed E-state index contributed by atoms with van der Waals surface area (Å²) in [5, 5.41) is 11.2. The van der Waals surface area contributed by atoms with Gasteiger partial charge in [0.2, 0.25) is 5.91 Å². The Labute approximate surface area is 236 Å². The minimum atomic E-state index is -1.03. The van der Waals surface area contributed by atoms with Gasteiger partial charge < -0.3 is 15.2 Å². The molecular weight excluding hydrogens is 490 g/mol. The van der Waals surface area contributed by atoms with Gasteiger partial charge in [0.1, 0.15) is 12.6 Å². The molecule has 0 aromatic rings. The average Bonchev–Trinajstić information content (AvgIpc) is 3.23. The fourth-order valence-electron chi connectivity index (χ4n) is 9.46. The Morgan fingerprint density at radius 2 is 1.79 bits per heavy atom. The highest BCUT2D eigenvalue weighted by atomic mass is 16.5. The second-order valence-corrected chi connectivity index (χ2v) is 14.3. The first-order valence-electron chi connectivity index (χ1n) is 15.8. The molecule has 39 heavy (non-hydrogen) atoms. The van der Waals surface area contributed by atoms with Gasteiger partial charge in [-0.1, -0.05) is 65.5 Å². The van der Waals surface area contributed by atoms with Crippen molar-refractivity contribution < 1.29 is 24.2 Å². The van der Waals surface area contributed by atoms with Crippen LogP contribution >= 0.6 is 0 Å². The van der Waals surface area contributed by atoms with Gasteiger partial charge in [0, 0.05) is 12.8 Å². The molecule has 8 atom stereocenters. The highest BCUT2D eigenvalue weighted by Crippen LogP contribution is 2.67. The van der Waals surface area contributed by atoms with Gasteiger partial charge in [-0.3, -0.25) is 14.4 Å². The van der Waals surface area contributed by atoms with Crippen molar-refractivity contribution in [3.05, 3.63) is 11.6 Å². The van der Waals surface area contributed by atoms with Crippen LogP contribution in [0.3, 0.4) is 0 Å². The molecular formula is C33H53NO5. The molecule has 0 saturated heterocycles. The highest BCUT2D eigenvalue weighted by molar-refractivity contribution is 5.84. The Morgan fingerprint density at radius 1 is 1.03 bits per heavy atom. The molecule has 0 heterocycles. The standard InChI is InChI=1S/C33H53NO5/c1-21(2)7-6-8-22(3)26-11-12-27-25-10-9-23-19-24(39-31(38)20-34-29(35)13-14-30(36)37)15-17-32(23,4)28(25)16-18-33(26,27)5/h9,21-22,24-28H,6-8,10-20H2,1-5H3,(H,34,35)(H,36,37)/t22-,24+,25+,26?,27+,28+,32+,33-/m1/s1. The summed E-state index contributed by atoms with van der Waals surface area (Å²) in [6.07, 6.45) is 15.5. The number of carbonyl (C=O) groups is 3. The Hall–Kier alpha value is -1.85. The van der Waals surface area contributed by atoms with E-state index >= 15 is 0 Å². The van der Waals surface area contributed by atoms with E-state index in [0.29, 0.717) is 5.41 Å². The van der Waals surface area contributed by atoms with E-state index in [1.165, 1.54) is 56.9 Å². The van der Waals surface area contributed by atoms with Gasteiger partial charge in [-0.25, -0.2) is 0 Å². The van der Waals surface area contributed by atoms with E-state index in [1.807, 2.05) is 0 Å². The molecule has 1 unspecified atom stereocenters. The Balaban J connectivity index is 1.33. The van der Waals surface area contributed by atoms with Crippen LogP contribution in [0, 0.1) is 46.3 Å². The lowest BCUT2D eigenvalue weighted by molar-refractivity contribution is -0.151. The van der Waals surface area contributed by atoms with Gasteiger partial charge in [-0.05, 0) is 91.3 Å². The van der Waals surface area contributed by atoms with E-state index < -0.39 is 17.8 Å². The number of carbonyl (C=O) groups excluding carboxylic acids is 2. The third-order valence-electron chi connectivity index (χ3n) is 11.6. The first kappa shape index (κ1) is 30.1. The molecule has 4 aliphatic rings. The largest absolute Gasteiger partial charge is 0.481 e. The molecule has 0 aromatic heterocycles. The molecule has 0 bridgehead atoms. The van der Waals surface area contributed by atoms with Gasteiger partial charge in [-0.15, -0.1) is 0 Å². The van der Waals surface area contributed by atoms with E-state index in [4.69, 9.17) is 9.84 Å². The van der Waals surface area contributed by atoms with Crippen LogP contribution in [0.15, 0.2) is 11.6 Å². The number of hydrogen-bond donors (Lipinski definition) is 2. The Bertz CT molecular complexity index is 942. The van der Waals surface area contributed by atoms with Crippen molar-refractivity contribution in [1.29, 1.82) is 0 Å². The molecule has 220 valence electrons. The number of carboxylic acid groups (broad SMARTS) is 1. The van der Waals surface area contributed by atoms with Crippen molar-refractivity contribution in [1.82, 2.24) is 5.32 Å². The fraction of sp³-hybridized carbons (Fsp3) is 0.848. The van der Waals surface area contributed by atoms with E-state index in [9.17, 15) is 14.4 Å². The number of aliphatic carboxylic acids is 1. The maximum absolute atomic E-state index is 12.4. The van der Waals surface area contributed by atoms with Crippen molar-refractivity contribution in [2.24, 2.45) is 46.3 Å². The maximum Gasteiger partial charge on any atom is 0.325 e. The molecule has 1 amide bonds. The van der Waals surface area contributed by atoms with Crippen molar-refractivity contribution in [3.8, 4) is 0 Å². The zero-order valence-corrected chi connectivity index (χ0v) is 25.1. The number of allylic oxidation sites excluding steroid dienone is 1. The molecule has 0 radical (unpaired) electrons. The number of rotatable bonds is 11. The molecule has 4 rings (SSSR count). The molecule has 0 aromatic carbocycles. The van der Waals surface area contributed by atoms with Gasteiger partial charge in [-0.2, -0.15) is 0 Å². The van der Waals surface area contributed by atoms with E-state index in [1.54, 1.807) is 0 Å². The second kappa shape index (κ2) is 12.3. The SMILES string of the molecule is CC(C)CCC[C@@H](C)C1CC[C@H]2[C@@H]3CC=C4C[C@@H](OC(=O)CNC(=O)CCC(=O)O)CC[C@]4(C)[C@H]3CC[C@]12C. The van der Waals surface area contributed by atoms with E-state index in [-0.39, 0.29) is 30.9 Å². The lowest BCUT2D eigenvalue weighted by Gasteiger charge is -2.58. The van der Waals surface area contributed by atoms with Gasteiger partial charge in [0.15, 0.2) is 0 Å². The van der Waals surface area contributed by atoms with E-state index in [0.717, 1.165) is 54.8 Å². The predicted molar refractivity (Wildman–Crippen MR) is 153 cm³/mol. The molecule has 3 saturated carbocycles. The zero-order chi connectivity index (χ0) is 28.4. The third-order valence-corrected chi connectivity index (χ3v) is 11.6. The van der Waals surface area contributed by atoms with Crippen molar-refractivity contribution in [3.63, 3.8) is 0 Å². The van der Waals surface area contributed by atoms with Gasteiger partial charge in [0.05, 0.1) is 6.42 Å². The molecule has 0 aliphatic heterocycles. The minimum absolute atomic E-state index is 0.127. The van der Waals surface area contributed by atoms with Crippen molar-refractivity contribution in [2.75, 3.05) is 6.54 Å². The topological polar surface area (TPSA) is 92.7 Å². The average molecular weight is 544 g/mol. The minimum Gasteiger partial charge on any atom is -0.481 e. The fourth-order valence-corrected chi connectivity index (χ4v) is 9.46. The predicted octanol–water partition coefficient (Wildman–Crippen LogP) is 6.92. The van der Waals surface area contributed by atoms with E-state index in [2.05, 4.69) is 46.0 Å². The summed E-state index contributed by atoms with van der Waals surface area (Å²) < 4.78 is 5.76. The summed E-state index contributed by atoms with van der Waals surface area (Å²) in [4.78, 5) is 34.8. The Morgan fingerprint density at radius 3 is 2.51 bits per heavy atom. The lowest BCUT2D eigenvalue weighted by Crippen LogP contribution is -2.51. The maximum atomic E-state index is 12.4. The van der Waals surface area contributed by atoms with Crippen molar-refractivity contribution >= 4 is 17.8 Å². The van der Waals surface area contributed by atoms with Crippen molar-refractivity contribution in [2.45, 2.75) is 124 Å². The van der Waals surface area contributed by atoms with Crippen LogP contribution in [0.4, 0.5) is 0 Å².